The minimum absolute atomic E-state index is 0.0560. The molecule has 1 amide bonds. The number of aromatic nitrogens is 1. The Hall–Kier alpha value is -1.03. The summed E-state index contributed by atoms with van der Waals surface area (Å²) in [6, 6.07) is 0. The number of anilines is 1. The number of carbonyl (C=O) groups is 1. The fourth-order valence-corrected chi connectivity index (χ4v) is 3.01. The minimum atomic E-state index is -3.81. The summed E-state index contributed by atoms with van der Waals surface area (Å²) < 4.78 is 27.7. The highest BCUT2D eigenvalue weighted by atomic mass is 32.2. The Bertz CT molecular complexity index is 572. The second kappa shape index (κ2) is 5.53. The van der Waals surface area contributed by atoms with Gasteiger partial charge in [0, 0.05) is 0 Å². The molecule has 1 aromatic heterocycles. The fourth-order valence-electron chi connectivity index (χ4n) is 1.14. The first kappa shape index (κ1) is 16.0. The summed E-state index contributed by atoms with van der Waals surface area (Å²) in [6.45, 7) is 6.86. The van der Waals surface area contributed by atoms with E-state index in [0.29, 0.717) is 0 Å². The number of amides is 1. The van der Waals surface area contributed by atoms with Gasteiger partial charge >= 0.3 is 0 Å². The summed E-state index contributed by atoms with van der Waals surface area (Å²) >= 11 is 0.817. The van der Waals surface area contributed by atoms with Gasteiger partial charge in [0.2, 0.25) is 10.0 Å². The second-order valence-corrected chi connectivity index (χ2v) is 7.64. The molecule has 1 aromatic rings. The van der Waals surface area contributed by atoms with Gasteiger partial charge in [0.1, 0.15) is 6.61 Å². The number of hydrogen-bond acceptors (Lipinski definition) is 6. The third-order valence-electron chi connectivity index (χ3n) is 1.90. The van der Waals surface area contributed by atoms with Crippen LogP contribution in [0.2, 0.25) is 0 Å². The molecule has 0 aliphatic heterocycles. The number of primary sulfonamides is 1. The quantitative estimate of drug-likeness (QED) is 0.856. The second-order valence-electron chi connectivity index (χ2n) is 4.89. The van der Waals surface area contributed by atoms with Gasteiger partial charge in [0.05, 0.1) is 11.3 Å². The molecular weight excluding hydrogens is 290 g/mol. The Morgan fingerprint density at radius 1 is 1.47 bits per heavy atom. The third kappa shape index (κ3) is 5.23. The zero-order chi connectivity index (χ0) is 14.8. The molecule has 0 aromatic carbocycles. The number of nitrogens with zero attached hydrogens (tertiary/aromatic N) is 1. The average Bonchev–Trinajstić information content (AvgIpc) is 2.55. The molecular formula is C10H17N3O4S2. The molecule has 0 radical (unpaired) electrons. The number of nitrogens with one attached hydrogen (secondary N) is 1. The van der Waals surface area contributed by atoms with Gasteiger partial charge in [0.25, 0.3) is 5.91 Å². The lowest BCUT2D eigenvalue weighted by Gasteiger charge is -2.18. The van der Waals surface area contributed by atoms with Crippen LogP contribution in [-0.2, 0) is 19.6 Å². The summed E-state index contributed by atoms with van der Waals surface area (Å²) in [6.07, 6.45) is 0. The van der Waals surface area contributed by atoms with Gasteiger partial charge in [-0.1, -0.05) is 11.3 Å². The van der Waals surface area contributed by atoms with Crippen molar-refractivity contribution in [3.05, 3.63) is 5.69 Å². The van der Waals surface area contributed by atoms with Crippen LogP contribution in [0.3, 0.4) is 0 Å². The van der Waals surface area contributed by atoms with Crippen LogP contribution in [0.4, 0.5) is 5.13 Å². The summed E-state index contributed by atoms with van der Waals surface area (Å²) in [5.74, 6) is -0.398. The molecule has 1 heterocycles. The maximum atomic E-state index is 11.6. The smallest absolute Gasteiger partial charge is 0.252 e. The number of sulfonamides is 1. The van der Waals surface area contributed by atoms with E-state index in [1.165, 1.54) is 6.92 Å². The highest BCUT2D eigenvalue weighted by Crippen LogP contribution is 2.25. The maximum absolute atomic E-state index is 11.6. The van der Waals surface area contributed by atoms with Gasteiger partial charge in [-0.3, -0.25) is 10.1 Å². The van der Waals surface area contributed by atoms with Crippen molar-refractivity contribution in [1.82, 2.24) is 4.98 Å². The zero-order valence-electron chi connectivity index (χ0n) is 11.2. The number of ether oxygens (including phenoxy) is 1. The summed E-state index contributed by atoms with van der Waals surface area (Å²) in [5, 5.41) is 7.68. The molecule has 0 unspecified atom stereocenters. The minimum Gasteiger partial charge on any atom is -0.366 e. The van der Waals surface area contributed by atoms with E-state index in [-0.39, 0.29) is 21.6 Å². The predicted molar refractivity (Wildman–Crippen MR) is 72.6 cm³/mol. The number of rotatable bonds is 4. The molecule has 0 fully saturated rings. The van der Waals surface area contributed by atoms with Gasteiger partial charge in [-0.05, 0) is 27.7 Å². The highest BCUT2D eigenvalue weighted by molar-refractivity contribution is 7.91. The van der Waals surface area contributed by atoms with E-state index in [1.807, 2.05) is 20.8 Å². The summed E-state index contributed by atoms with van der Waals surface area (Å²) in [7, 11) is -3.81. The molecule has 0 atom stereocenters. The SMILES string of the molecule is Cc1nc(NC(=O)COC(C)(C)C)sc1S(N)(=O)=O. The molecule has 19 heavy (non-hydrogen) atoms. The van der Waals surface area contributed by atoms with Crippen LogP contribution in [0.25, 0.3) is 0 Å². The predicted octanol–water partition coefficient (Wildman–Crippen LogP) is 0.853. The lowest BCUT2D eigenvalue weighted by molar-refractivity contribution is -0.125. The Morgan fingerprint density at radius 2 is 2.05 bits per heavy atom. The van der Waals surface area contributed by atoms with E-state index >= 15 is 0 Å². The van der Waals surface area contributed by atoms with Crippen molar-refractivity contribution >= 4 is 32.4 Å². The van der Waals surface area contributed by atoms with Crippen LogP contribution in [-0.4, -0.2) is 31.5 Å². The fraction of sp³-hybridized carbons (Fsp3) is 0.600. The first-order valence-corrected chi connectivity index (χ1v) is 7.79. The van der Waals surface area contributed by atoms with Crippen LogP contribution in [0.5, 0.6) is 0 Å². The Balaban J connectivity index is 2.71. The van der Waals surface area contributed by atoms with Crippen molar-refractivity contribution in [2.45, 2.75) is 37.5 Å². The first-order valence-electron chi connectivity index (χ1n) is 5.43. The van der Waals surface area contributed by atoms with Crippen molar-refractivity contribution in [1.29, 1.82) is 0 Å². The molecule has 0 aliphatic carbocycles. The van der Waals surface area contributed by atoms with Crippen molar-refractivity contribution < 1.29 is 17.9 Å². The van der Waals surface area contributed by atoms with Crippen LogP contribution >= 0.6 is 11.3 Å². The lowest BCUT2D eigenvalue weighted by atomic mass is 10.2. The molecule has 108 valence electrons. The third-order valence-corrected chi connectivity index (χ3v) is 4.52. The van der Waals surface area contributed by atoms with E-state index in [0.717, 1.165) is 11.3 Å². The number of thiazole rings is 1. The molecule has 0 bridgehead atoms. The van der Waals surface area contributed by atoms with E-state index < -0.39 is 21.5 Å². The molecule has 0 saturated heterocycles. The van der Waals surface area contributed by atoms with Gasteiger partial charge in [-0.15, -0.1) is 0 Å². The largest absolute Gasteiger partial charge is 0.366 e. The molecule has 9 heteroatoms. The van der Waals surface area contributed by atoms with E-state index in [4.69, 9.17) is 9.88 Å². The van der Waals surface area contributed by atoms with Crippen molar-refractivity contribution in [2.75, 3.05) is 11.9 Å². The number of hydrogen-bond donors (Lipinski definition) is 2. The van der Waals surface area contributed by atoms with Gasteiger partial charge in [-0.25, -0.2) is 18.5 Å². The van der Waals surface area contributed by atoms with Crippen molar-refractivity contribution in [2.24, 2.45) is 5.14 Å². The molecule has 0 aliphatic rings. The van der Waals surface area contributed by atoms with Crippen LogP contribution in [0, 0.1) is 6.92 Å². The number of carbonyl (C=O) groups excluding carboxylic acids is 1. The Morgan fingerprint density at radius 3 is 2.47 bits per heavy atom. The standard InChI is InChI=1S/C10H17N3O4S2/c1-6-8(19(11,15)16)18-9(12-6)13-7(14)5-17-10(2,3)4/h5H2,1-4H3,(H2,11,15,16)(H,12,13,14). The van der Waals surface area contributed by atoms with E-state index in [9.17, 15) is 13.2 Å². The normalized spacial score (nSPS) is 12.5. The molecule has 0 saturated carbocycles. The van der Waals surface area contributed by atoms with Gasteiger partial charge in [0.15, 0.2) is 9.34 Å². The Kier molecular flexibility index (Phi) is 4.67. The van der Waals surface area contributed by atoms with E-state index in [1.54, 1.807) is 0 Å². The molecule has 1 rings (SSSR count). The van der Waals surface area contributed by atoms with E-state index in [2.05, 4.69) is 10.3 Å². The first-order chi connectivity index (χ1) is 8.49. The van der Waals surface area contributed by atoms with Crippen LogP contribution < -0.4 is 10.5 Å². The molecule has 7 nitrogen and oxygen atoms in total. The number of nitrogens with two attached hydrogens (primary N) is 1. The van der Waals surface area contributed by atoms with Crippen molar-refractivity contribution in [3.8, 4) is 0 Å². The molecule has 0 spiro atoms. The van der Waals surface area contributed by atoms with Gasteiger partial charge < -0.3 is 4.74 Å². The lowest BCUT2D eigenvalue weighted by Crippen LogP contribution is -2.27. The monoisotopic (exact) mass is 307 g/mol. The van der Waals surface area contributed by atoms with Crippen LogP contribution in [0.1, 0.15) is 26.5 Å². The van der Waals surface area contributed by atoms with Crippen LogP contribution in [0.15, 0.2) is 4.21 Å². The number of aryl methyl sites for hydroxylation is 1. The molecule has 3 N–H and O–H groups in total. The average molecular weight is 307 g/mol. The van der Waals surface area contributed by atoms with Crippen molar-refractivity contribution in [3.63, 3.8) is 0 Å². The summed E-state index contributed by atoms with van der Waals surface area (Å²) in [4.78, 5) is 15.5. The topological polar surface area (TPSA) is 111 Å². The van der Waals surface area contributed by atoms with Gasteiger partial charge in [-0.2, -0.15) is 0 Å². The highest BCUT2D eigenvalue weighted by Gasteiger charge is 2.19. The zero-order valence-corrected chi connectivity index (χ0v) is 12.8. The Labute approximate surface area is 116 Å². The summed E-state index contributed by atoms with van der Waals surface area (Å²) in [5.41, 5.74) is -0.165. The maximum Gasteiger partial charge on any atom is 0.252 e.